The number of amides is 2. The van der Waals surface area contributed by atoms with E-state index in [1.807, 2.05) is 24.3 Å². The van der Waals surface area contributed by atoms with E-state index < -0.39 is 5.91 Å². The monoisotopic (exact) mass is 383 g/mol. The third kappa shape index (κ3) is 4.83. The maximum atomic E-state index is 12.5. The SMILES string of the molecule is CC(C)Cc1cc(CNC(=O)c2cccc(-c3ccc(C(N)=O)s3)c2)on1. The van der Waals surface area contributed by atoms with Gasteiger partial charge in [0.25, 0.3) is 11.8 Å². The van der Waals surface area contributed by atoms with Gasteiger partial charge in [0, 0.05) is 16.5 Å². The van der Waals surface area contributed by atoms with E-state index in [-0.39, 0.29) is 12.5 Å². The zero-order valence-corrected chi connectivity index (χ0v) is 16.0. The molecule has 0 saturated carbocycles. The lowest BCUT2D eigenvalue weighted by atomic mass is 10.1. The van der Waals surface area contributed by atoms with E-state index in [2.05, 4.69) is 24.3 Å². The fourth-order valence-corrected chi connectivity index (χ4v) is 3.52. The van der Waals surface area contributed by atoms with Crippen LogP contribution >= 0.6 is 11.3 Å². The maximum Gasteiger partial charge on any atom is 0.258 e. The molecule has 2 amide bonds. The molecule has 2 aromatic heterocycles. The summed E-state index contributed by atoms with van der Waals surface area (Å²) >= 11 is 1.30. The Kier molecular flexibility index (Phi) is 5.71. The fraction of sp³-hybridized carbons (Fsp3) is 0.250. The number of aromatic nitrogens is 1. The van der Waals surface area contributed by atoms with Crippen LogP contribution in [0.4, 0.5) is 0 Å². The van der Waals surface area contributed by atoms with Crippen LogP contribution in [-0.4, -0.2) is 17.0 Å². The Morgan fingerprint density at radius 3 is 2.74 bits per heavy atom. The molecule has 3 rings (SSSR count). The summed E-state index contributed by atoms with van der Waals surface area (Å²) in [7, 11) is 0. The number of nitrogens with one attached hydrogen (secondary N) is 1. The molecule has 0 spiro atoms. The van der Waals surface area contributed by atoms with E-state index in [0.717, 1.165) is 22.6 Å². The number of primary amides is 1. The van der Waals surface area contributed by atoms with E-state index in [0.29, 0.717) is 22.1 Å². The maximum absolute atomic E-state index is 12.5. The van der Waals surface area contributed by atoms with Crippen LogP contribution in [0.5, 0.6) is 0 Å². The van der Waals surface area contributed by atoms with Gasteiger partial charge >= 0.3 is 0 Å². The molecule has 140 valence electrons. The second kappa shape index (κ2) is 8.18. The normalized spacial score (nSPS) is 10.9. The first-order valence-electron chi connectivity index (χ1n) is 8.65. The van der Waals surface area contributed by atoms with Crippen molar-refractivity contribution in [3.8, 4) is 10.4 Å². The van der Waals surface area contributed by atoms with Crippen molar-refractivity contribution < 1.29 is 14.1 Å². The summed E-state index contributed by atoms with van der Waals surface area (Å²) < 4.78 is 5.26. The second-order valence-electron chi connectivity index (χ2n) is 6.67. The zero-order valence-electron chi connectivity index (χ0n) is 15.2. The van der Waals surface area contributed by atoms with Crippen molar-refractivity contribution in [2.75, 3.05) is 0 Å². The predicted octanol–water partition coefficient (Wildman–Crippen LogP) is 3.63. The molecule has 7 heteroatoms. The Morgan fingerprint density at radius 1 is 1.22 bits per heavy atom. The average molecular weight is 383 g/mol. The summed E-state index contributed by atoms with van der Waals surface area (Å²) in [5, 5.41) is 6.86. The van der Waals surface area contributed by atoms with Crippen LogP contribution in [0, 0.1) is 5.92 Å². The summed E-state index contributed by atoms with van der Waals surface area (Å²) in [4.78, 5) is 25.1. The summed E-state index contributed by atoms with van der Waals surface area (Å²) in [6, 6.07) is 12.6. The first kappa shape index (κ1) is 18.8. The van der Waals surface area contributed by atoms with Crippen molar-refractivity contribution in [1.29, 1.82) is 0 Å². The Morgan fingerprint density at radius 2 is 2.04 bits per heavy atom. The topological polar surface area (TPSA) is 98.2 Å². The molecule has 0 aliphatic carbocycles. The standard InChI is InChI=1S/C20H21N3O3S/c1-12(2)8-15-10-16(26-23-15)11-22-20(25)14-5-3-4-13(9-14)17-6-7-18(27-17)19(21)24/h3-7,9-10,12H,8,11H2,1-2H3,(H2,21,24)(H,22,25). The number of rotatable bonds is 7. The van der Waals surface area contributed by atoms with Gasteiger partial charge in [-0.3, -0.25) is 9.59 Å². The lowest BCUT2D eigenvalue weighted by Crippen LogP contribution is -2.22. The van der Waals surface area contributed by atoms with Gasteiger partial charge in [-0.1, -0.05) is 31.1 Å². The summed E-state index contributed by atoms with van der Waals surface area (Å²) in [5.41, 5.74) is 7.58. The van der Waals surface area contributed by atoms with Crippen molar-refractivity contribution in [1.82, 2.24) is 10.5 Å². The van der Waals surface area contributed by atoms with Crippen molar-refractivity contribution in [2.45, 2.75) is 26.8 Å². The van der Waals surface area contributed by atoms with Crippen molar-refractivity contribution in [3.05, 3.63) is 64.4 Å². The molecule has 3 aromatic rings. The number of carbonyl (C=O) groups is 2. The molecule has 0 saturated heterocycles. The van der Waals surface area contributed by atoms with E-state index in [1.165, 1.54) is 11.3 Å². The average Bonchev–Trinajstić information content (AvgIpc) is 3.29. The molecule has 1 aromatic carbocycles. The third-order valence-corrected chi connectivity index (χ3v) is 5.06. The van der Waals surface area contributed by atoms with Crippen LogP contribution in [0.1, 0.15) is 45.3 Å². The number of nitrogens with zero attached hydrogens (tertiary/aromatic N) is 1. The van der Waals surface area contributed by atoms with Gasteiger partial charge in [-0.05, 0) is 42.2 Å². The molecule has 0 bridgehead atoms. The first-order chi connectivity index (χ1) is 12.9. The second-order valence-corrected chi connectivity index (χ2v) is 7.76. The van der Waals surface area contributed by atoms with Gasteiger partial charge in [-0.25, -0.2) is 0 Å². The van der Waals surface area contributed by atoms with E-state index in [9.17, 15) is 9.59 Å². The van der Waals surface area contributed by atoms with Gasteiger partial charge in [0.2, 0.25) is 0 Å². The van der Waals surface area contributed by atoms with Crippen LogP contribution in [0.2, 0.25) is 0 Å². The number of benzene rings is 1. The highest BCUT2D eigenvalue weighted by Crippen LogP contribution is 2.28. The molecule has 6 nitrogen and oxygen atoms in total. The smallest absolute Gasteiger partial charge is 0.258 e. The molecule has 0 aliphatic rings. The number of hydrogen-bond donors (Lipinski definition) is 2. The molecule has 0 fully saturated rings. The molecule has 0 atom stereocenters. The van der Waals surface area contributed by atoms with E-state index in [1.54, 1.807) is 18.2 Å². The summed E-state index contributed by atoms with van der Waals surface area (Å²) in [5.74, 6) is 0.460. The largest absolute Gasteiger partial charge is 0.365 e. The van der Waals surface area contributed by atoms with Crippen LogP contribution in [0.15, 0.2) is 47.0 Å². The minimum Gasteiger partial charge on any atom is -0.365 e. The predicted molar refractivity (Wildman–Crippen MR) is 104 cm³/mol. The highest BCUT2D eigenvalue weighted by Gasteiger charge is 2.12. The summed E-state index contributed by atoms with van der Waals surface area (Å²) in [6.07, 6.45) is 0.841. The molecule has 2 heterocycles. The lowest BCUT2D eigenvalue weighted by molar-refractivity contribution is 0.0946. The fourth-order valence-electron chi connectivity index (χ4n) is 2.66. The Bertz CT molecular complexity index is 959. The Balaban J connectivity index is 1.66. The highest BCUT2D eigenvalue weighted by atomic mass is 32.1. The number of carbonyl (C=O) groups excluding carboxylic acids is 2. The van der Waals surface area contributed by atoms with Crippen LogP contribution < -0.4 is 11.1 Å². The number of thiophene rings is 1. The van der Waals surface area contributed by atoms with Gasteiger partial charge < -0.3 is 15.6 Å². The molecule has 0 unspecified atom stereocenters. The van der Waals surface area contributed by atoms with Crippen LogP contribution in [0.25, 0.3) is 10.4 Å². The van der Waals surface area contributed by atoms with Gasteiger partial charge in [0.1, 0.15) is 0 Å². The van der Waals surface area contributed by atoms with Crippen LogP contribution in [-0.2, 0) is 13.0 Å². The minimum absolute atomic E-state index is 0.203. The molecule has 0 radical (unpaired) electrons. The van der Waals surface area contributed by atoms with E-state index in [4.69, 9.17) is 10.3 Å². The lowest BCUT2D eigenvalue weighted by Gasteiger charge is -2.05. The molecule has 0 aliphatic heterocycles. The van der Waals surface area contributed by atoms with Gasteiger partial charge in [0.05, 0.1) is 17.1 Å². The zero-order chi connectivity index (χ0) is 19.4. The Labute approximate surface area is 161 Å². The van der Waals surface area contributed by atoms with Gasteiger partial charge in [-0.2, -0.15) is 0 Å². The Hall–Kier alpha value is -2.93. The molecule has 3 N–H and O–H groups in total. The van der Waals surface area contributed by atoms with Crippen molar-refractivity contribution in [2.24, 2.45) is 11.7 Å². The van der Waals surface area contributed by atoms with Gasteiger partial charge in [-0.15, -0.1) is 11.3 Å². The van der Waals surface area contributed by atoms with Crippen LogP contribution in [0.3, 0.4) is 0 Å². The molecule has 27 heavy (non-hydrogen) atoms. The molecular formula is C20H21N3O3S. The van der Waals surface area contributed by atoms with Crippen molar-refractivity contribution >= 4 is 23.2 Å². The first-order valence-corrected chi connectivity index (χ1v) is 9.46. The van der Waals surface area contributed by atoms with Gasteiger partial charge in [0.15, 0.2) is 5.76 Å². The number of hydrogen-bond acceptors (Lipinski definition) is 5. The summed E-state index contributed by atoms with van der Waals surface area (Å²) in [6.45, 7) is 4.51. The van der Waals surface area contributed by atoms with E-state index >= 15 is 0 Å². The minimum atomic E-state index is -0.455. The molecular weight excluding hydrogens is 362 g/mol. The third-order valence-electron chi connectivity index (χ3n) is 3.91. The number of nitrogens with two attached hydrogens (primary N) is 1. The van der Waals surface area contributed by atoms with Crippen molar-refractivity contribution in [3.63, 3.8) is 0 Å². The highest BCUT2D eigenvalue weighted by molar-refractivity contribution is 7.17. The quantitative estimate of drug-likeness (QED) is 0.651.